The standard InChI is InChI=1S/C15H15N5O/c1-11(20-7-6-16-10-20)8-18-15(21)14-9-17-12-4-2-3-5-13(12)19-14/h2-7,9-11H,8H2,1H3,(H,18,21). The lowest BCUT2D eigenvalue weighted by atomic mass is 10.3. The number of amides is 1. The SMILES string of the molecule is CC(CNC(=O)c1cnc2ccccc2n1)n1ccnc1. The van der Waals surface area contributed by atoms with Crippen LogP contribution >= 0.6 is 0 Å². The maximum absolute atomic E-state index is 12.1. The summed E-state index contributed by atoms with van der Waals surface area (Å²) in [4.78, 5) is 24.7. The van der Waals surface area contributed by atoms with Gasteiger partial charge in [-0.3, -0.25) is 9.78 Å². The second kappa shape index (κ2) is 5.70. The van der Waals surface area contributed by atoms with Crippen molar-refractivity contribution in [2.45, 2.75) is 13.0 Å². The second-order valence-corrected chi connectivity index (χ2v) is 4.81. The van der Waals surface area contributed by atoms with Gasteiger partial charge < -0.3 is 9.88 Å². The molecule has 0 aliphatic carbocycles. The fourth-order valence-corrected chi connectivity index (χ4v) is 2.03. The summed E-state index contributed by atoms with van der Waals surface area (Å²) in [7, 11) is 0. The Morgan fingerprint density at radius 2 is 2.14 bits per heavy atom. The number of benzene rings is 1. The van der Waals surface area contributed by atoms with Crippen molar-refractivity contribution in [3.63, 3.8) is 0 Å². The molecule has 0 fully saturated rings. The van der Waals surface area contributed by atoms with Crippen LogP contribution in [-0.4, -0.2) is 32.0 Å². The molecule has 3 rings (SSSR count). The molecule has 0 bridgehead atoms. The second-order valence-electron chi connectivity index (χ2n) is 4.81. The van der Waals surface area contributed by atoms with Crippen LogP contribution in [0.3, 0.4) is 0 Å². The van der Waals surface area contributed by atoms with Crippen LogP contribution in [0.2, 0.25) is 0 Å². The molecule has 0 saturated carbocycles. The highest BCUT2D eigenvalue weighted by Crippen LogP contribution is 2.08. The van der Waals surface area contributed by atoms with Gasteiger partial charge in [0.25, 0.3) is 5.91 Å². The molecule has 0 aliphatic heterocycles. The van der Waals surface area contributed by atoms with Crippen molar-refractivity contribution >= 4 is 16.9 Å². The van der Waals surface area contributed by atoms with Crippen LogP contribution < -0.4 is 5.32 Å². The average Bonchev–Trinajstić information content (AvgIpc) is 3.06. The molecule has 0 radical (unpaired) electrons. The van der Waals surface area contributed by atoms with Gasteiger partial charge in [0.15, 0.2) is 0 Å². The van der Waals surface area contributed by atoms with E-state index in [1.807, 2.05) is 42.0 Å². The number of carbonyl (C=O) groups is 1. The molecule has 106 valence electrons. The summed E-state index contributed by atoms with van der Waals surface area (Å²) >= 11 is 0. The molecule has 1 N–H and O–H groups in total. The summed E-state index contributed by atoms with van der Waals surface area (Å²) in [5, 5.41) is 2.86. The third-order valence-corrected chi connectivity index (χ3v) is 3.27. The van der Waals surface area contributed by atoms with E-state index in [0.29, 0.717) is 17.8 Å². The number of fused-ring (bicyclic) bond motifs is 1. The van der Waals surface area contributed by atoms with E-state index in [0.717, 1.165) is 5.52 Å². The number of carbonyl (C=O) groups excluding carboxylic acids is 1. The summed E-state index contributed by atoms with van der Waals surface area (Å²) in [5.74, 6) is -0.222. The van der Waals surface area contributed by atoms with Crippen molar-refractivity contribution in [3.8, 4) is 0 Å². The molecule has 0 spiro atoms. The van der Waals surface area contributed by atoms with Gasteiger partial charge in [-0.15, -0.1) is 0 Å². The molecular weight excluding hydrogens is 266 g/mol. The van der Waals surface area contributed by atoms with Crippen LogP contribution in [0, 0.1) is 0 Å². The third-order valence-electron chi connectivity index (χ3n) is 3.27. The molecule has 3 aromatic rings. The molecule has 6 heteroatoms. The van der Waals surface area contributed by atoms with E-state index in [-0.39, 0.29) is 11.9 Å². The Hall–Kier alpha value is -2.76. The van der Waals surface area contributed by atoms with Crippen molar-refractivity contribution in [3.05, 3.63) is 54.9 Å². The Morgan fingerprint density at radius 3 is 2.90 bits per heavy atom. The first-order valence-corrected chi connectivity index (χ1v) is 6.71. The zero-order chi connectivity index (χ0) is 14.7. The summed E-state index contributed by atoms with van der Waals surface area (Å²) < 4.78 is 1.94. The van der Waals surface area contributed by atoms with E-state index in [1.165, 1.54) is 6.20 Å². The van der Waals surface area contributed by atoms with E-state index in [2.05, 4.69) is 20.3 Å². The highest BCUT2D eigenvalue weighted by atomic mass is 16.1. The number of hydrogen-bond acceptors (Lipinski definition) is 4. The third kappa shape index (κ3) is 2.89. The highest BCUT2D eigenvalue weighted by Gasteiger charge is 2.11. The summed E-state index contributed by atoms with van der Waals surface area (Å²) in [6.45, 7) is 2.51. The Labute approximate surface area is 121 Å². The smallest absolute Gasteiger partial charge is 0.271 e. The first-order valence-electron chi connectivity index (χ1n) is 6.71. The lowest BCUT2D eigenvalue weighted by Crippen LogP contribution is -2.30. The van der Waals surface area contributed by atoms with E-state index >= 15 is 0 Å². The van der Waals surface area contributed by atoms with Gasteiger partial charge in [0.05, 0.1) is 23.6 Å². The molecule has 1 atom stereocenters. The molecule has 1 aromatic carbocycles. The maximum Gasteiger partial charge on any atom is 0.271 e. The van der Waals surface area contributed by atoms with Crippen molar-refractivity contribution in [1.82, 2.24) is 24.8 Å². The van der Waals surface area contributed by atoms with Crippen LogP contribution in [0.25, 0.3) is 11.0 Å². The molecule has 0 saturated heterocycles. The number of para-hydroxylation sites is 2. The first kappa shape index (κ1) is 13.2. The minimum atomic E-state index is -0.222. The highest BCUT2D eigenvalue weighted by molar-refractivity contribution is 5.93. The molecule has 1 unspecified atom stereocenters. The number of nitrogens with one attached hydrogen (secondary N) is 1. The van der Waals surface area contributed by atoms with Gasteiger partial charge in [-0.1, -0.05) is 12.1 Å². The van der Waals surface area contributed by atoms with Gasteiger partial charge in [-0.05, 0) is 19.1 Å². The summed E-state index contributed by atoms with van der Waals surface area (Å²) in [5.41, 5.74) is 1.82. The monoisotopic (exact) mass is 281 g/mol. The van der Waals surface area contributed by atoms with E-state index in [4.69, 9.17) is 0 Å². The topological polar surface area (TPSA) is 72.7 Å². The molecule has 2 heterocycles. The van der Waals surface area contributed by atoms with Gasteiger partial charge in [0.1, 0.15) is 5.69 Å². The number of nitrogens with zero attached hydrogens (tertiary/aromatic N) is 4. The molecular formula is C15H15N5O. The van der Waals surface area contributed by atoms with E-state index in [1.54, 1.807) is 12.5 Å². The molecule has 2 aromatic heterocycles. The van der Waals surface area contributed by atoms with Crippen LogP contribution in [0.1, 0.15) is 23.5 Å². The van der Waals surface area contributed by atoms with Gasteiger partial charge in [-0.25, -0.2) is 9.97 Å². The Morgan fingerprint density at radius 1 is 1.33 bits per heavy atom. The maximum atomic E-state index is 12.1. The molecule has 0 aliphatic rings. The Balaban J connectivity index is 1.69. The Bertz CT molecular complexity index is 754. The van der Waals surface area contributed by atoms with Crippen LogP contribution in [-0.2, 0) is 0 Å². The van der Waals surface area contributed by atoms with E-state index < -0.39 is 0 Å². The number of aromatic nitrogens is 4. The van der Waals surface area contributed by atoms with E-state index in [9.17, 15) is 4.79 Å². The zero-order valence-electron chi connectivity index (χ0n) is 11.6. The predicted octanol–water partition coefficient (Wildman–Crippen LogP) is 1.82. The van der Waals surface area contributed by atoms with Gasteiger partial charge >= 0.3 is 0 Å². The lowest BCUT2D eigenvalue weighted by molar-refractivity contribution is 0.0943. The average molecular weight is 281 g/mol. The fraction of sp³-hybridized carbons (Fsp3) is 0.200. The largest absolute Gasteiger partial charge is 0.349 e. The van der Waals surface area contributed by atoms with Crippen molar-refractivity contribution in [2.75, 3.05) is 6.54 Å². The van der Waals surface area contributed by atoms with Gasteiger partial charge in [0.2, 0.25) is 0 Å². The van der Waals surface area contributed by atoms with Crippen LogP contribution in [0.5, 0.6) is 0 Å². The quantitative estimate of drug-likeness (QED) is 0.791. The fourth-order valence-electron chi connectivity index (χ4n) is 2.03. The molecule has 6 nitrogen and oxygen atoms in total. The van der Waals surface area contributed by atoms with Crippen LogP contribution in [0.15, 0.2) is 49.2 Å². The van der Waals surface area contributed by atoms with Crippen molar-refractivity contribution < 1.29 is 4.79 Å². The molecule has 21 heavy (non-hydrogen) atoms. The van der Waals surface area contributed by atoms with Crippen molar-refractivity contribution in [2.24, 2.45) is 0 Å². The molecule has 1 amide bonds. The summed E-state index contributed by atoms with van der Waals surface area (Å²) in [6, 6.07) is 7.60. The predicted molar refractivity (Wildman–Crippen MR) is 78.8 cm³/mol. The zero-order valence-corrected chi connectivity index (χ0v) is 11.6. The Kier molecular flexibility index (Phi) is 3.59. The lowest BCUT2D eigenvalue weighted by Gasteiger charge is -2.13. The minimum absolute atomic E-state index is 0.130. The number of imidazole rings is 1. The van der Waals surface area contributed by atoms with Gasteiger partial charge in [-0.2, -0.15) is 0 Å². The minimum Gasteiger partial charge on any atom is -0.349 e. The van der Waals surface area contributed by atoms with Gasteiger partial charge in [0, 0.05) is 25.0 Å². The van der Waals surface area contributed by atoms with Crippen LogP contribution in [0.4, 0.5) is 0 Å². The number of hydrogen-bond donors (Lipinski definition) is 1. The van der Waals surface area contributed by atoms with Crippen molar-refractivity contribution in [1.29, 1.82) is 0 Å². The number of rotatable bonds is 4. The summed E-state index contributed by atoms with van der Waals surface area (Å²) in [6.07, 6.45) is 6.81. The normalized spacial score (nSPS) is 12.2. The first-order chi connectivity index (χ1) is 10.2.